The van der Waals surface area contributed by atoms with Crippen LogP contribution >= 0.6 is 0 Å². The van der Waals surface area contributed by atoms with Gasteiger partial charge in [0.15, 0.2) is 6.10 Å². The first-order chi connectivity index (χ1) is 37.7. The van der Waals surface area contributed by atoms with Crippen LogP contribution < -0.4 is 0 Å². The Morgan fingerprint density at radius 3 is 0.675 bits per heavy atom. The quantitative estimate of drug-likeness (QED) is 0.0343. The van der Waals surface area contributed by atoms with Gasteiger partial charge in [-0.1, -0.05) is 363 Å². The first-order valence-corrected chi connectivity index (χ1v) is 35.2. The lowest BCUT2D eigenvalue weighted by Gasteiger charge is -2.18. The number of ether oxygens (including phenoxy) is 3. The molecular weight excluding hydrogens is 949 g/mol. The maximum atomic E-state index is 13.0. The number of esters is 3. The third-order valence-electron chi connectivity index (χ3n) is 17.1. The summed E-state index contributed by atoms with van der Waals surface area (Å²) in [6.07, 6.45) is 69.6. The number of carbonyl (C=O) groups is 3. The van der Waals surface area contributed by atoms with Crippen LogP contribution in [0.2, 0.25) is 0 Å². The van der Waals surface area contributed by atoms with Crippen LogP contribution in [0.1, 0.15) is 401 Å². The highest BCUT2D eigenvalue weighted by atomic mass is 16.6. The molecule has 0 bridgehead atoms. The Bertz CT molecular complexity index is 1200. The summed E-state index contributed by atoms with van der Waals surface area (Å²) in [5.74, 6) is 1.82. The number of hydrogen-bond donors (Lipinski definition) is 0. The fourth-order valence-electron chi connectivity index (χ4n) is 11.1. The van der Waals surface area contributed by atoms with Crippen molar-refractivity contribution in [3.8, 4) is 0 Å². The summed E-state index contributed by atoms with van der Waals surface area (Å²) in [6, 6.07) is 0. The molecule has 0 aromatic rings. The molecule has 6 nitrogen and oxygen atoms in total. The molecular formula is C71H138O6. The van der Waals surface area contributed by atoms with E-state index < -0.39 is 6.10 Å². The summed E-state index contributed by atoms with van der Waals surface area (Å²) < 4.78 is 17.0. The van der Waals surface area contributed by atoms with Gasteiger partial charge < -0.3 is 14.2 Å². The Hall–Kier alpha value is -1.59. The molecule has 0 fully saturated rings. The van der Waals surface area contributed by atoms with E-state index in [4.69, 9.17) is 14.2 Å². The van der Waals surface area contributed by atoms with Gasteiger partial charge in [0.2, 0.25) is 0 Å². The molecule has 2 unspecified atom stereocenters. The summed E-state index contributed by atoms with van der Waals surface area (Å²) in [5, 5.41) is 0. The van der Waals surface area contributed by atoms with Crippen LogP contribution in [0.5, 0.6) is 0 Å². The van der Waals surface area contributed by atoms with Crippen LogP contribution in [0.25, 0.3) is 0 Å². The largest absolute Gasteiger partial charge is 0.462 e. The van der Waals surface area contributed by atoms with Crippen LogP contribution in [-0.2, 0) is 28.6 Å². The minimum atomic E-state index is -0.765. The zero-order valence-electron chi connectivity index (χ0n) is 53.3. The van der Waals surface area contributed by atoms with Crippen molar-refractivity contribution in [3.63, 3.8) is 0 Å². The van der Waals surface area contributed by atoms with Gasteiger partial charge in [0.1, 0.15) is 13.2 Å². The van der Waals surface area contributed by atoms with Gasteiger partial charge in [0.25, 0.3) is 0 Å². The molecule has 0 radical (unpaired) electrons. The van der Waals surface area contributed by atoms with E-state index in [1.807, 2.05) is 0 Å². The van der Waals surface area contributed by atoms with Crippen LogP contribution in [0.3, 0.4) is 0 Å². The van der Waals surface area contributed by atoms with Gasteiger partial charge in [0, 0.05) is 19.3 Å². The summed E-state index contributed by atoms with van der Waals surface area (Å²) in [6.45, 7) is 13.9. The molecule has 0 amide bonds. The Morgan fingerprint density at radius 1 is 0.260 bits per heavy atom. The molecule has 77 heavy (non-hydrogen) atoms. The predicted octanol–water partition coefficient (Wildman–Crippen LogP) is 23.8. The molecule has 0 aliphatic rings. The summed E-state index contributed by atoms with van der Waals surface area (Å²) in [4.78, 5) is 38.4. The third kappa shape index (κ3) is 61.9. The molecule has 0 aliphatic heterocycles. The summed E-state index contributed by atoms with van der Waals surface area (Å²) in [5.41, 5.74) is 0. The van der Waals surface area contributed by atoms with Crippen molar-refractivity contribution in [1.29, 1.82) is 0 Å². The predicted molar refractivity (Wildman–Crippen MR) is 335 cm³/mol. The minimum absolute atomic E-state index is 0.0619. The maximum Gasteiger partial charge on any atom is 0.306 e. The smallest absolute Gasteiger partial charge is 0.306 e. The van der Waals surface area contributed by atoms with E-state index in [2.05, 4.69) is 41.5 Å². The Balaban J connectivity index is 4.26. The Kier molecular flexibility index (Phi) is 60.7. The molecule has 0 N–H and O–H groups in total. The van der Waals surface area contributed by atoms with Gasteiger partial charge in [-0.3, -0.25) is 14.4 Å². The van der Waals surface area contributed by atoms with Crippen LogP contribution in [0, 0.1) is 17.8 Å². The topological polar surface area (TPSA) is 78.9 Å². The van der Waals surface area contributed by atoms with E-state index in [1.54, 1.807) is 0 Å². The van der Waals surface area contributed by atoms with Crippen molar-refractivity contribution >= 4 is 17.9 Å². The SMILES string of the molecule is CCC(C)CCCCCCCCCCCCCCCCCCCCC(=O)OC[C@H](COC(=O)CCCCCCCCCCCCCCC(C)C)OC(=O)CCCCCCCCCCCCCCCCCCCCC(C)CC. The number of rotatable bonds is 64. The summed E-state index contributed by atoms with van der Waals surface area (Å²) >= 11 is 0. The zero-order chi connectivity index (χ0) is 56.2. The third-order valence-corrected chi connectivity index (χ3v) is 17.1. The van der Waals surface area contributed by atoms with E-state index in [1.165, 1.54) is 283 Å². The molecule has 0 aromatic heterocycles. The highest BCUT2D eigenvalue weighted by molar-refractivity contribution is 5.71. The lowest BCUT2D eigenvalue weighted by Crippen LogP contribution is -2.30. The lowest BCUT2D eigenvalue weighted by atomic mass is 9.99. The van der Waals surface area contributed by atoms with Crippen molar-refractivity contribution in [2.45, 2.75) is 407 Å². The summed E-state index contributed by atoms with van der Waals surface area (Å²) in [7, 11) is 0. The van der Waals surface area contributed by atoms with Crippen molar-refractivity contribution in [3.05, 3.63) is 0 Å². The first kappa shape index (κ1) is 75.4. The zero-order valence-corrected chi connectivity index (χ0v) is 53.3. The second kappa shape index (κ2) is 62.0. The van der Waals surface area contributed by atoms with Crippen LogP contribution in [-0.4, -0.2) is 37.2 Å². The molecule has 0 aliphatic carbocycles. The fraction of sp³-hybridized carbons (Fsp3) is 0.958. The molecule has 0 saturated heterocycles. The number of hydrogen-bond acceptors (Lipinski definition) is 6. The molecule has 0 heterocycles. The average Bonchev–Trinajstić information content (AvgIpc) is 3.42. The molecule has 0 rings (SSSR count). The monoisotopic (exact) mass is 1090 g/mol. The van der Waals surface area contributed by atoms with Crippen LogP contribution in [0.4, 0.5) is 0 Å². The van der Waals surface area contributed by atoms with E-state index >= 15 is 0 Å². The van der Waals surface area contributed by atoms with E-state index in [-0.39, 0.29) is 31.1 Å². The van der Waals surface area contributed by atoms with Gasteiger partial charge in [-0.25, -0.2) is 0 Å². The molecule has 0 saturated carbocycles. The van der Waals surface area contributed by atoms with Gasteiger partial charge in [0.05, 0.1) is 0 Å². The van der Waals surface area contributed by atoms with Crippen molar-refractivity contribution < 1.29 is 28.6 Å². The minimum Gasteiger partial charge on any atom is -0.462 e. The molecule has 458 valence electrons. The second-order valence-corrected chi connectivity index (χ2v) is 25.5. The highest BCUT2D eigenvalue weighted by Crippen LogP contribution is 2.20. The van der Waals surface area contributed by atoms with Gasteiger partial charge in [-0.2, -0.15) is 0 Å². The van der Waals surface area contributed by atoms with Gasteiger partial charge in [-0.05, 0) is 37.0 Å². The Labute approximate surface area is 482 Å². The molecule has 3 atom stereocenters. The average molecular weight is 1090 g/mol. The lowest BCUT2D eigenvalue weighted by molar-refractivity contribution is -0.167. The number of carbonyl (C=O) groups excluding carboxylic acids is 3. The van der Waals surface area contributed by atoms with E-state index in [0.717, 1.165) is 75.5 Å². The molecule has 0 spiro atoms. The second-order valence-electron chi connectivity index (χ2n) is 25.5. The van der Waals surface area contributed by atoms with Crippen molar-refractivity contribution in [2.75, 3.05) is 13.2 Å². The van der Waals surface area contributed by atoms with Gasteiger partial charge >= 0.3 is 17.9 Å². The number of unbranched alkanes of at least 4 members (excludes halogenated alkanes) is 45. The highest BCUT2D eigenvalue weighted by Gasteiger charge is 2.20. The maximum absolute atomic E-state index is 13.0. The van der Waals surface area contributed by atoms with E-state index in [9.17, 15) is 14.4 Å². The van der Waals surface area contributed by atoms with Crippen molar-refractivity contribution in [2.24, 2.45) is 17.8 Å². The standard InChI is InChI=1S/C71H138O6/c1-7-66(5)58-52-46-40-34-28-21-17-13-9-11-15-19-23-30-36-42-48-54-60-69(72)75-63-68(64-76-70(73)61-55-49-43-37-31-26-25-27-33-39-45-51-57-65(3)4)77-71(74)62-56-50-44-38-32-24-20-16-12-10-14-18-22-29-35-41-47-53-59-67(6)8-2/h65-68H,7-64H2,1-6H3/t66?,67?,68-/m1/s1. The Morgan fingerprint density at radius 2 is 0.455 bits per heavy atom. The molecule has 0 aromatic carbocycles. The first-order valence-electron chi connectivity index (χ1n) is 35.2. The normalized spacial score (nSPS) is 12.8. The fourth-order valence-corrected chi connectivity index (χ4v) is 11.1. The van der Waals surface area contributed by atoms with Crippen molar-refractivity contribution in [1.82, 2.24) is 0 Å². The van der Waals surface area contributed by atoms with Gasteiger partial charge in [-0.15, -0.1) is 0 Å². The van der Waals surface area contributed by atoms with Crippen LogP contribution in [0.15, 0.2) is 0 Å². The van der Waals surface area contributed by atoms with E-state index in [0.29, 0.717) is 19.3 Å². The molecule has 6 heteroatoms.